The Morgan fingerprint density at radius 1 is 1.17 bits per heavy atom. The molecule has 0 amide bonds. The van der Waals surface area contributed by atoms with E-state index in [1.165, 1.54) is 18.5 Å². The van der Waals surface area contributed by atoms with Crippen molar-refractivity contribution in [3.05, 3.63) is 83.2 Å². The quantitative estimate of drug-likeness (QED) is 0.654. The first-order valence-electron chi connectivity index (χ1n) is 7.70. The normalized spacial score (nSPS) is 22.5. The minimum atomic E-state index is -0.523. The smallest absolute Gasteiger partial charge is 0.137 e. The van der Waals surface area contributed by atoms with Crippen LogP contribution in [0.3, 0.4) is 0 Å². The zero-order valence-electron chi connectivity index (χ0n) is 12.8. The van der Waals surface area contributed by atoms with E-state index in [0.29, 0.717) is 18.0 Å². The number of hydrogen-bond donors (Lipinski definition) is 0. The van der Waals surface area contributed by atoms with E-state index in [1.807, 2.05) is 24.3 Å². The maximum atomic E-state index is 13.3. The Bertz CT molecular complexity index is 838. The summed E-state index contributed by atoms with van der Waals surface area (Å²) in [4.78, 5) is 3.96. The Morgan fingerprint density at radius 2 is 1.96 bits per heavy atom. The van der Waals surface area contributed by atoms with Crippen LogP contribution in [-0.2, 0) is 16.9 Å². The average Bonchev–Trinajstić information content (AvgIpc) is 3.08. The number of nitrogens with zero attached hydrogens (tertiary/aromatic N) is 3. The third-order valence-electron chi connectivity index (χ3n) is 4.39. The Hall–Kier alpha value is -2.24. The maximum Gasteiger partial charge on any atom is 0.137 e. The molecule has 4 rings (SSSR count). The summed E-state index contributed by atoms with van der Waals surface area (Å²) in [5, 5.41) is 4.81. The van der Waals surface area contributed by atoms with Crippen LogP contribution in [0.5, 0.6) is 0 Å². The summed E-state index contributed by atoms with van der Waals surface area (Å²) in [6, 6.07) is 14.1. The highest BCUT2D eigenvalue weighted by molar-refractivity contribution is 6.31. The fourth-order valence-electron chi connectivity index (χ4n) is 3.09. The SMILES string of the molecule is Fc1ccc(C2(CCn3cncn3)OC2c2ccccc2Cl)cc1. The molecule has 0 radical (unpaired) electrons. The van der Waals surface area contributed by atoms with Gasteiger partial charge in [-0.15, -0.1) is 0 Å². The summed E-state index contributed by atoms with van der Waals surface area (Å²) >= 11 is 6.33. The number of aromatic nitrogens is 3. The molecule has 1 fully saturated rings. The molecule has 1 saturated heterocycles. The van der Waals surface area contributed by atoms with Crippen molar-refractivity contribution in [3.63, 3.8) is 0 Å². The molecule has 2 unspecified atom stereocenters. The maximum absolute atomic E-state index is 13.3. The van der Waals surface area contributed by atoms with Crippen LogP contribution in [0.2, 0.25) is 5.02 Å². The fraction of sp³-hybridized carbons (Fsp3) is 0.222. The van der Waals surface area contributed by atoms with E-state index in [4.69, 9.17) is 16.3 Å². The average molecular weight is 344 g/mol. The van der Waals surface area contributed by atoms with E-state index in [-0.39, 0.29) is 11.9 Å². The van der Waals surface area contributed by atoms with Crippen LogP contribution in [0, 0.1) is 5.82 Å². The number of epoxide rings is 1. The van der Waals surface area contributed by atoms with Crippen LogP contribution >= 0.6 is 11.6 Å². The number of aryl methyl sites for hydroxylation is 1. The van der Waals surface area contributed by atoms with Gasteiger partial charge < -0.3 is 4.74 Å². The van der Waals surface area contributed by atoms with Gasteiger partial charge in [-0.05, 0) is 23.8 Å². The predicted molar refractivity (Wildman–Crippen MR) is 88.0 cm³/mol. The molecule has 0 spiro atoms. The van der Waals surface area contributed by atoms with Crippen LogP contribution in [-0.4, -0.2) is 14.8 Å². The first kappa shape index (κ1) is 15.3. The molecule has 2 heterocycles. The van der Waals surface area contributed by atoms with Crippen molar-refractivity contribution in [3.8, 4) is 0 Å². The summed E-state index contributed by atoms with van der Waals surface area (Å²) in [6.07, 6.45) is 3.72. The summed E-state index contributed by atoms with van der Waals surface area (Å²) in [6.45, 7) is 0.651. The number of benzene rings is 2. The highest BCUT2D eigenvalue weighted by Gasteiger charge is 2.58. The van der Waals surface area contributed by atoms with Crippen LogP contribution in [0.25, 0.3) is 0 Å². The van der Waals surface area contributed by atoms with Gasteiger partial charge in [0.2, 0.25) is 0 Å². The van der Waals surface area contributed by atoms with Gasteiger partial charge in [0.1, 0.15) is 30.2 Å². The largest absolute Gasteiger partial charge is 0.356 e. The second-order valence-electron chi connectivity index (χ2n) is 5.82. The molecular formula is C18H15ClFN3O. The van der Waals surface area contributed by atoms with Gasteiger partial charge in [0.25, 0.3) is 0 Å². The molecule has 1 aliphatic heterocycles. The van der Waals surface area contributed by atoms with Gasteiger partial charge in [0.15, 0.2) is 0 Å². The van der Waals surface area contributed by atoms with Gasteiger partial charge in [-0.3, -0.25) is 4.68 Å². The Kier molecular flexibility index (Phi) is 3.82. The molecule has 0 N–H and O–H groups in total. The highest BCUT2D eigenvalue weighted by Crippen LogP contribution is 2.60. The van der Waals surface area contributed by atoms with E-state index in [2.05, 4.69) is 10.1 Å². The zero-order valence-corrected chi connectivity index (χ0v) is 13.5. The molecule has 3 aromatic rings. The van der Waals surface area contributed by atoms with Gasteiger partial charge in [-0.2, -0.15) is 5.10 Å². The lowest BCUT2D eigenvalue weighted by Crippen LogP contribution is -2.15. The van der Waals surface area contributed by atoms with Crippen molar-refractivity contribution in [2.75, 3.05) is 0 Å². The van der Waals surface area contributed by atoms with Gasteiger partial charge >= 0.3 is 0 Å². The third-order valence-corrected chi connectivity index (χ3v) is 4.74. The molecule has 2 aromatic carbocycles. The lowest BCUT2D eigenvalue weighted by Gasteiger charge is -2.14. The fourth-order valence-corrected chi connectivity index (χ4v) is 3.33. The lowest BCUT2D eigenvalue weighted by molar-refractivity contribution is 0.271. The summed E-state index contributed by atoms with van der Waals surface area (Å²) in [5.74, 6) is -0.264. The van der Waals surface area contributed by atoms with E-state index in [0.717, 1.165) is 11.1 Å². The number of ether oxygens (including phenoxy) is 1. The molecule has 0 saturated carbocycles. The molecular weight excluding hydrogens is 329 g/mol. The molecule has 6 heteroatoms. The first-order chi connectivity index (χ1) is 11.7. The molecule has 0 bridgehead atoms. The summed E-state index contributed by atoms with van der Waals surface area (Å²) < 4.78 is 21.2. The standard InChI is InChI=1S/C18H15ClFN3O/c19-16-4-2-1-3-15(16)17-18(24-17,9-10-23-12-21-11-22-23)13-5-7-14(20)8-6-13/h1-8,11-12,17H,9-10H2. The van der Waals surface area contributed by atoms with Crippen LogP contribution < -0.4 is 0 Å². The molecule has 1 aliphatic rings. The Balaban J connectivity index is 1.66. The van der Waals surface area contributed by atoms with Crippen molar-refractivity contribution >= 4 is 11.6 Å². The summed E-state index contributed by atoms with van der Waals surface area (Å²) in [5.41, 5.74) is 1.36. The minimum Gasteiger partial charge on any atom is -0.356 e. The number of hydrogen-bond acceptors (Lipinski definition) is 3. The second kappa shape index (κ2) is 6.00. The van der Waals surface area contributed by atoms with Gasteiger partial charge in [-0.25, -0.2) is 9.37 Å². The van der Waals surface area contributed by atoms with Crippen LogP contribution in [0.1, 0.15) is 23.7 Å². The van der Waals surface area contributed by atoms with Crippen molar-refractivity contribution in [1.29, 1.82) is 0 Å². The highest BCUT2D eigenvalue weighted by atomic mass is 35.5. The monoisotopic (exact) mass is 343 g/mol. The van der Waals surface area contributed by atoms with Crippen LogP contribution in [0.4, 0.5) is 4.39 Å². The minimum absolute atomic E-state index is 0.153. The topological polar surface area (TPSA) is 43.2 Å². The van der Waals surface area contributed by atoms with Crippen molar-refractivity contribution in [2.24, 2.45) is 0 Å². The summed E-state index contributed by atoms with van der Waals surface area (Å²) in [7, 11) is 0. The van der Waals surface area contributed by atoms with Crippen LogP contribution in [0.15, 0.2) is 61.2 Å². The van der Waals surface area contributed by atoms with Gasteiger partial charge in [0, 0.05) is 23.6 Å². The second-order valence-corrected chi connectivity index (χ2v) is 6.23. The zero-order chi connectivity index (χ0) is 16.6. The number of halogens is 2. The molecule has 24 heavy (non-hydrogen) atoms. The molecule has 4 nitrogen and oxygen atoms in total. The van der Waals surface area contributed by atoms with Crippen molar-refractivity contribution in [2.45, 2.75) is 24.7 Å². The molecule has 0 aliphatic carbocycles. The van der Waals surface area contributed by atoms with E-state index in [9.17, 15) is 4.39 Å². The van der Waals surface area contributed by atoms with E-state index in [1.54, 1.807) is 23.1 Å². The Labute approximate surface area is 143 Å². The molecule has 2 atom stereocenters. The Morgan fingerprint density at radius 3 is 2.67 bits per heavy atom. The van der Waals surface area contributed by atoms with Crippen molar-refractivity contribution < 1.29 is 9.13 Å². The van der Waals surface area contributed by atoms with Gasteiger partial charge in [-0.1, -0.05) is 41.9 Å². The lowest BCUT2D eigenvalue weighted by atomic mass is 9.89. The molecule has 1 aromatic heterocycles. The predicted octanol–water partition coefficient (Wildman–Crippen LogP) is 4.13. The first-order valence-corrected chi connectivity index (χ1v) is 8.07. The van der Waals surface area contributed by atoms with E-state index >= 15 is 0 Å². The van der Waals surface area contributed by atoms with E-state index < -0.39 is 5.60 Å². The van der Waals surface area contributed by atoms with Gasteiger partial charge in [0.05, 0.1) is 0 Å². The number of rotatable bonds is 5. The third kappa shape index (κ3) is 2.70. The van der Waals surface area contributed by atoms with Crippen molar-refractivity contribution in [1.82, 2.24) is 14.8 Å². The molecule has 122 valence electrons.